The number of hydrogen-bond acceptors (Lipinski definition) is 22. The lowest BCUT2D eigenvalue weighted by atomic mass is 10.1. The van der Waals surface area contributed by atoms with Gasteiger partial charge in [-0.25, -0.2) is 28.8 Å². The minimum absolute atomic E-state index is 0.0132. The molecule has 2 fully saturated rings. The van der Waals surface area contributed by atoms with Crippen LogP contribution in [0.15, 0.2) is 182 Å². The number of aliphatic hydroxyl groups excluding tert-OH is 1. The number of cyclic esters (lactones) is 2. The van der Waals surface area contributed by atoms with Gasteiger partial charge in [0.15, 0.2) is 18.1 Å². The van der Waals surface area contributed by atoms with E-state index in [1.165, 1.54) is 7.11 Å². The topological polar surface area (TPSA) is 297 Å². The number of methoxy groups -OCH3 is 1. The maximum absolute atomic E-state index is 12.9. The summed E-state index contributed by atoms with van der Waals surface area (Å²) in [5.41, 5.74) is 3.73. The summed E-state index contributed by atoms with van der Waals surface area (Å²) in [7, 11) is 1.22. The molecule has 4 N–H and O–H groups in total. The Morgan fingerprint density at radius 2 is 0.766 bits per heavy atom. The van der Waals surface area contributed by atoms with Gasteiger partial charge in [0.05, 0.1) is 92.5 Å². The number of alkyl carbamates (subject to hydrolysis) is 3. The monoisotopic (exact) mass is 1490 g/mol. The Morgan fingerprint density at radius 3 is 1.09 bits per heavy atom. The summed E-state index contributed by atoms with van der Waals surface area (Å²) in [4.78, 5) is 74.6. The number of esters is 3. The molecule has 0 unspecified atom stereocenters. The van der Waals surface area contributed by atoms with Crippen molar-refractivity contribution in [2.45, 2.75) is 213 Å². The summed E-state index contributed by atoms with van der Waals surface area (Å²) in [6, 6.07) is 55.1. The van der Waals surface area contributed by atoms with Crippen molar-refractivity contribution in [3.63, 3.8) is 0 Å². The highest BCUT2D eigenvalue weighted by Crippen LogP contribution is 2.24. The lowest BCUT2D eigenvalue weighted by Gasteiger charge is -2.30. The van der Waals surface area contributed by atoms with E-state index in [-0.39, 0.29) is 52.9 Å². The number of aliphatic hydroxyl groups is 1. The fraction of sp³-hybridized carbons (Fsp3) is 0.488. The zero-order chi connectivity index (χ0) is 77.8. The number of amides is 3. The first-order chi connectivity index (χ1) is 51.0. The predicted octanol–water partition coefficient (Wildman–Crippen LogP) is 11.6. The molecule has 6 aromatic rings. The highest BCUT2D eigenvalue weighted by Gasteiger charge is 2.39. The standard InChI is InChI=1S/C28H39NO8.2C27H35NO7/c1-20(30)25(36-17-22-14-10-7-11-15-22)24(35-16-21-12-8-6-9-13-21)19-34-18-23(26(31)33-5)29-27(32)37-28(2,3)4;2*1-19-24(33-16-21-13-9-6-10-14-21)23(32-15-20-11-7-5-8-12-20)18-31-17-22(25(29)34-19)28-26(30)35-27(2,3)4/h6-15,20,23-25,30H,16-19H2,1-5H3,(H,29,32);2*5-14,19,22-24H,15-18H2,1-4H3,(H,28,30)/t20-,23+,24+,25+;19-,22+,23+,24+;19-,22-,23+,24+/m111/s1. The summed E-state index contributed by atoms with van der Waals surface area (Å²) >= 11 is 0. The van der Waals surface area contributed by atoms with Crippen LogP contribution < -0.4 is 16.0 Å². The number of hydrogen-bond donors (Lipinski definition) is 4. The van der Waals surface area contributed by atoms with Crippen molar-refractivity contribution in [1.29, 1.82) is 0 Å². The van der Waals surface area contributed by atoms with Crippen molar-refractivity contribution >= 4 is 36.2 Å². The number of carbonyl (C=O) groups excluding carboxylic acids is 6. The van der Waals surface area contributed by atoms with E-state index in [1.807, 2.05) is 182 Å². The molecule has 25 nitrogen and oxygen atoms in total. The van der Waals surface area contributed by atoms with E-state index in [0.29, 0.717) is 26.4 Å². The molecule has 6 aromatic carbocycles. The van der Waals surface area contributed by atoms with Crippen LogP contribution in [0.5, 0.6) is 0 Å². The number of carbonyl (C=O) groups is 6. The van der Waals surface area contributed by atoms with Crippen LogP contribution in [-0.2, 0) is 125 Å². The van der Waals surface area contributed by atoms with E-state index in [1.54, 1.807) is 83.1 Å². The molecule has 584 valence electrons. The zero-order valence-electron chi connectivity index (χ0n) is 63.8. The molecule has 3 amide bonds. The Labute approximate surface area is 629 Å². The molecule has 8 rings (SSSR count). The minimum Gasteiger partial charge on any atom is -0.467 e. The van der Waals surface area contributed by atoms with Gasteiger partial charge < -0.3 is 92.1 Å². The Kier molecular flexibility index (Phi) is 36.7. The lowest BCUT2D eigenvalue weighted by Crippen LogP contribution is -2.48. The Morgan fingerprint density at radius 1 is 0.449 bits per heavy atom. The van der Waals surface area contributed by atoms with Crippen molar-refractivity contribution in [3.05, 3.63) is 215 Å². The van der Waals surface area contributed by atoms with E-state index < -0.39 is 126 Å². The van der Waals surface area contributed by atoms with Gasteiger partial charge in [-0.15, -0.1) is 0 Å². The fourth-order valence-electron chi connectivity index (χ4n) is 10.6. The molecule has 12 atom stereocenters. The molecule has 2 saturated heterocycles. The summed E-state index contributed by atoms with van der Waals surface area (Å²) in [6.45, 7) is 22.6. The van der Waals surface area contributed by atoms with E-state index in [2.05, 4.69) is 16.0 Å². The molecule has 0 aromatic heterocycles. The third-order valence-corrected chi connectivity index (χ3v) is 15.7. The van der Waals surface area contributed by atoms with Gasteiger partial charge in [0.1, 0.15) is 65.6 Å². The van der Waals surface area contributed by atoms with Gasteiger partial charge >= 0.3 is 36.2 Å². The number of nitrogens with one attached hydrogen (secondary N) is 3. The first kappa shape index (κ1) is 87.1. The van der Waals surface area contributed by atoms with Crippen LogP contribution in [0.25, 0.3) is 0 Å². The molecule has 2 aliphatic rings. The average molecular weight is 1490 g/mol. The second kappa shape index (κ2) is 45.1. The summed E-state index contributed by atoms with van der Waals surface area (Å²) in [5.74, 6) is -1.93. The number of benzene rings is 6. The molecule has 25 heteroatoms. The quantitative estimate of drug-likeness (QED) is 0.0262. The molecule has 107 heavy (non-hydrogen) atoms. The molecule has 2 aliphatic heterocycles. The van der Waals surface area contributed by atoms with Crippen molar-refractivity contribution in [3.8, 4) is 0 Å². The van der Waals surface area contributed by atoms with Crippen LogP contribution in [0.2, 0.25) is 0 Å². The predicted molar refractivity (Wildman–Crippen MR) is 397 cm³/mol. The van der Waals surface area contributed by atoms with E-state index in [4.69, 9.17) is 71.1 Å². The largest absolute Gasteiger partial charge is 0.467 e. The smallest absolute Gasteiger partial charge is 0.408 e. The third-order valence-electron chi connectivity index (χ3n) is 15.7. The van der Waals surface area contributed by atoms with E-state index in [9.17, 15) is 33.9 Å². The van der Waals surface area contributed by atoms with Crippen LogP contribution in [0.3, 0.4) is 0 Å². The minimum atomic E-state index is -1.09. The molecule has 0 radical (unpaired) electrons. The summed E-state index contributed by atoms with van der Waals surface area (Å²) in [6.07, 6.45) is -8.00. The second-order valence-corrected chi connectivity index (χ2v) is 28.5. The van der Waals surface area contributed by atoms with Gasteiger partial charge in [0.2, 0.25) is 0 Å². The van der Waals surface area contributed by atoms with Crippen molar-refractivity contribution in [2.75, 3.05) is 46.8 Å². The van der Waals surface area contributed by atoms with Crippen molar-refractivity contribution in [1.82, 2.24) is 16.0 Å². The van der Waals surface area contributed by atoms with Gasteiger partial charge in [-0.3, -0.25) is 0 Å². The summed E-state index contributed by atoms with van der Waals surface area (Å²) in [5, 5.41) is 18.1. The first-order valence-electron chi connectivity index (χ1n) is 35.8. The highest BCUT2D eigenvalue weighted by atomic mass is 16.6. The zero-order valence-corrected chi connectivity index (χ0v) is 63.8. The maximum atomic E-state index is 12.9. The normalized spacial score (nSPS) is 20.4. The van der Waals surface area contributed by atoms with Crippen molar-refractivity contribution < 1.29 is 105 Å². The molecule has 0 saturated carbocycles. The number of ether oxygens (including phenoxy) is 15. The van der Waals surface area contributed by atoms with E-state index in [0.717, 1.165) is 33.4 Å². The first-order valence-corrected chi connectivity index (χ1v) is 35.8. The highest BCUT2D eigenvalue weighted by molar-refractivity contribution is 5.83. The Bertz CT molecular complexity index is 3370. The third kappa shape index (κ3) is 34.3. The molecule has 0 spiro atoms. The molecule has 0 bridgehead atoms. The van der Waals surface area contributed by atoms with Crippen LogP contribution in [-0.4, -0.2) is 178 Å². The van der Waals surface area contributed by atoms with Gasteiger partial charge in [-0.05, 0) is 116 Å². The van der Waals surface area contributed by atoms with Crippen LogP contribution >= 0.6 is 0 Å². The fourth-order valence-corrected chi connectivity index (χ4v) is 10.6. The Hall–Kier alpha value is -8.86. The van der Waals surface area contributed by atoms with Gasteiger partial charge in [0, 0.05) is 0 Å². The average Bonchev–Trinajstić information content (AvgIpc) is 1.82. The molecule has 2 heterocycles. The van der Waals surface area contributed by atoms with Crippen LogP contribution in [0.4, 0.5) is 14.4 Å². The molecule has 0 aliphatic carbocycles. The second-order valence-electron chi connectivity index (χ2n) is 28.5. The number of rotatable bonds is 28. The van der Waals surface area contributed by atoms with Gasteiger partial charge in [-0.1, -0.05) is 182 Å². The molecular formula is C82H109N3O22. The van der Waals surface area contributed by atoms with Gasteiger partial charge in [0.25, 0.3) is 0 Å². The van der Waals surface area contributed by atoms with E-state index >= 15 is 0 Å². The molecular weight excluding hydrogens is 1380 g/mol. The van der Waals surface area contributed by atoms with Crippen LogP contribution in [0, 0.1) is 0 Å². The summed E-state index contributed by atoms with van der Waals surface area (Å²) < 4.78 is 86.4. The SMILES string of the molecule is COC(=O)[C@H](COC[C@H](OCc1ccccc1)[C@@H](OCc1ccccc1)[C@@H](C)O)NC(=O)OC(C)(C)C.C[C@H]1OC(=O)[C@@H](NC(=O)OC(C)(C)C)COC[C@H](OCc2ccccc2)[C@H]1OCc1ccccc1.C[C@H]1OC(=O)[C@H](NC(=O)OC(C)(C)C)COC[C@H](OCc2ccccc2)[C@H]1OCc1ccccc1. The Balaban J connectivity index is 0.000000251. The van der Waals surface area contributed by atoms with Crippen molar-refractivity contribution in [2.24, 2.45) is 0 Å². The lowest BCUT2D eigenvalue weighted by molar-refractivity contribution is -0.171. The van der Waals surface area contributed by atoms with Gasteiger partial charge in [-0.2, -0.15) is 0 Å². The maximum Gasteiger partial charge on any atom is 0.408 e. The van der Waals surface area contributed by atoms with Crippen LogP contribution in [0.1, 0.15) is 116 Å².